The molecule has 3 aromatic rings. The molecule has 0 spiro atoms. The molecule has 5 heteroatoms. The molecule has 1 aliphatic rings. The predicted molar refractivity (Wildman–Crippen MR) is 94.2 cm³/mol. The number of rotatable bonds is 5. The molecule has 0 saturated carbocycles. The molecule has 0 bridgehead atoms. The molecule has 1 atom stereocenters. The molecular formula is C20H19N3O2. The van der Waals surface area contributed by atoms with E-state index in [2.05, 4.69) is 22.4 Å². The molecule has 1 amide bonds. The lowest BCUT2D eigenvalue weighted by Gasteiger charge is -2.12. The van der Waals surface area contributed by atoms with Gasteiger partial charge in [-0.05, 0) is 22.8 Å². The molecule has 0 saturated heterocycles. The highest BCUT2D eigenvalue weighted by Gasteiger charge is 2.28. The lowest BCUT2D eigenvalue weighted by molar-refractivity contribution is -0.127. The summed E-state index contributed by atoms with van der Waals surface area (Å²) in [6.45, 7) is 1.26. The average molecular weight is 333 g/mol. The van der Waals surface area contributed by atoms with Crippen molar-refractivity contribution in [1.82, 2.24) is 14.9 Å². The first-order valence-electron chi connectivity index (χ1n) is 8.34. The molecule has 25 heavy (non-hydrogen) atoms. The summed E-state index contributed by atoms with van der Waals surface area (Å²) in [5, 5.41) is 2.98. The van der Waals surface area contributed by atoms with Gasteiger partial charge in [-0.15, -0.1) is 0 Å². The van der Waals surface area contributed by atoms with Crippen LogP contribution in [0.25, 0.3) is 0 Å². The number of fused-ring (bicyclic) bond motifs is 1. The Bertz CT molecular complexity index is 849. The van der Waals surface area contributed by atoms with Gasteiger partial charge in [0, 0.05) is 31.9 Å². The summed E-state index contributed by atoms with van der Waals surface area (Å²) >= 11 is 0. The first-order chi connectivity index (χ1) is 12.3. The minimum atomic E-state index is -0.438. The van der Waals surface area contributed by atoms with Crippen LogP contribution in [-0.2, 0) is 24.3 Å². The van der Waals surface area contributed by atoms with E-state index in [4.69, 9.17) is 4.74 Å². The fourth-order valence-electron chi connectivity index (χ4n) is 3.06. The van der Waals surface area contributed by atoms with Gasteiger partial charge >= 0.3 is 0 Å². The normalized spacial score (nSPS) is 15.4. The Morgan fingerprint density at radius 3 is 2.92 bits per heavy atom. The second-order valence-corrected chi connectivity index (χ2v) is 6.19. The van der Waals surface area contributed by atoms with Gasteiger partial charge in [0.2, 0.25) is 0 Å². The molecule has 1 N–H and O–H groups in total. The molecule has 0 radical (unpaired) electrons. The second kappa shape index (κ2) is 6.81. The maximum absolute atomic E-state index is 12.4. The van der Waals surface area contributed by atoms with E-state index in [1.165, 1.54) is 5.56 Å². The van der Waals surface area contributed by atoms with Crippen LogP contribution in [-0.4, -0.2) is 21.6 Å². The quantitative estimate of drug-likeness (QED) is 0.781. The van der Waals surface area contributed by atoms with Crippen LogP contribution >= 0.6 is 0 Å². The Balaban J connectivity index is 1.35. The number of hydrogen-bond acceptors (Lipinski definition) is 3. The lowest BCUT2D eigenvalue weighted by Crippen LogP contribution is -2.37. The second-order valence-electron chi connectivity index (χ2n) is 6.19. The number of para-hydroxylation sites is 1. The van der Waals surface area contributed by atoms with Gasteiger partial charge in [0.15, 0.2) is 6.10 Å². The molecule has 1 aliphatic heterocycles. The summed E-state index contributed by atoms with van der Waals surface area (Å²) in [6, 6.07) is 16.0. The van der Waals surface area contributed by atoms with Gasteiger partial charge in [-0.25, -0.2) is 4.98 Å². The van der Waals surface area contributed by atoms with E-state index < -0.39 is 6.10 Å². The SMILES string of the molecule is O=C(NCc1cccc(Cn2ccnc2)c1)[C@H]1Cc2ccccc2O1. The molecule has 5 nitrogen and oxygen atoms in total. The molecule has 0 unspecified atom stereocenters. The number of imidazole rings is 1. The molecular weight excluding hydrogens is 314 g/mol. The fourth-order valence-corrected chi connectivity index (χ4v) is 3.06. The number of carbonyl (C=O) groups is 1. The van der Waals surface area contributed by atoms with Gasteiger partial charge in [0.25, 0.3) is 5.91 Å². The van der Waals surface area contributed by atoms with Crippen molar-refractivity contribution >= 4 is 5.91 Å². The summed E-state index contributed by atoms with van der Waals surface area (Å²) in [5.41, 5.74) is 3.33. The van der Waals surface area contributed by atoms with Gasteiger partial charge in [0.1, 0.15) is 5.75 Å². The third-order valence-electron chi connectivity index (χ3n) is 4.32. The summed E-state index contributed by atoms with van der Waals surface area (Å²) in [6.07, 6.45) is 5.69. The summed E-state index contributed by atoms with van der Waals surface area (Å²) in [5.74, 6) is 0.737. The van der Waals surface area contributed by atoms with E-state index in [0.29, 0.717) is 13.0 Å². The highest BCUT2D eigenvalue weighted by Crippen LogP contribution is 2.28. The van der Waals surface area contributed by atoms with Crippen LogP contribution in [0.4, 0.5) is 0 Å². The van der Waals surface area contributed by atoms with Crippen LogP contribution in [0.1, 0.15) is 16.7 Å². The van der Waals surface area contributed by atoms with Crippen molar-refractivity contribution < 1.29 is 9.53 Å². The number of hydrogen-bond donors (Lipinski definition) is 1. The van der Waals surface area contributed by atoms with Crippen LogP contribution in [0, 0.1) is 0 Å². The smallest absolute Gasteiger partial charge is 0.261 e. The van der Waals surface area contributed by atoms with Crippen LogP contribution in [0.3, 0.4) is 0 Å². The Hall–Kier alpha value is -3.08. The highest BCUT2D eigenvalue weighted by atomic mass is 16.5. The standard InChI is InChI=1S/C20H19N3O2/c24-20(19-11-17-6-1-2-7-18(17)25-19)22-12-15-4-3-5-16(10-15)13-23-9-8-21-14-23/h1-10,14,19H,11-13H2,(H,22,24)/t19-/m1/s1. The first-order valence-corrected chi connectivity index (χ1v) is 8.34. The number of ether oxygens (including phenoxy) is 1. The molecule has 1 aromatic heterocycles. The van der Waals surface area contributed by atoms with Crippen LogP contribution < -0.4 is 10.1 Å². The maximum atomic E-state index is 12.4. The van der Waals surface area contributed by atoms with Gasteiger partial charge in [-0.1, -0.05) is 42.5 Å². The number of amides is 1. The Labute approximate surface area is 146 Å². The van der Waals surface area contributed by atoms with Crippen molar-refractivity contribution in [3.63, 3.8) is 0 Å². The van der Waals surface area contributed by atoms with Crippen LogP contribution in [0.2, 0.25) is 0 Å². The van der Waals surface area contributed by atoms with Gasteiger partial charge in [-0.2, -0.15) is 0 Å². The van der Waals surface area contributed by atoms with Crippen LogP contribution in [0.5, 0.6) is 5.75 Å². The molecule has 2 heterocycles. The van der Waals surface area contributed by atoms with Crippen LogP contribution in [0.15, 0.2) is 67.3 Å². The number of nitrogens with zero attached hydrogens (tertiary/aromatic N) is 2. The minimum absolute atomic E-state index is 0.0730. The summed E-state index contributed by atoms with van der Waals surface area (Å²) < 4.78 is 7.74. The fraction of sp³-hybridized carbons (Fsp3) is 0.200. The van der Waals surface area contributed by atoms with Gasteiger partial charge in [-0.3, -0.25) is 4.79 Å². The molecule has 126 valence electrons. The van der Waals surface area contributed by atoms with Crippen molar-refractivity contribution in [3.05, 3.63) is 83.9 Å². The largest absolute Gasteiger partial charge is 0.480 e. The van der Waals surface area contributed by atoms with E-state index in [9.17, 15) is 4.79 Å². The third-order valence-corrected chi connectivity index (χ3v) is 4.32. The molecule has 4 rings (SSSR count). The predicted octanol–water partition coefficient (Wildman–Crippen LogP) is 2.55. The number of aromatic nitrogens is 2. The average Bonchev–Trinajstić information content (AvgIpc) is 3.29. The monoisotopic (exact) mass is 333 g/mol. The van der Waals surface area contributed by atoms with E-state index in [0.717, 1.165) is 23.4 Å². The first kappa shape index (κ1) is 15.4. The van der Waals surface area contributed by atoms with E-state index >= 15 is 0 Å². The van der Waals surface area contributed by atoms with E-state index in [1.807, 2.05) is 47.2 Å². The van der Waals surface area contributed by atoms with Crippen molar-refractivity contribution in [1.29, 1.82) is 0 Å². The van der Waals surface area contributed by atoms with Crippen molar-refractivity contribution in [2.24, 2.45) is 0 Å². The Morgan fingerprint density at radius 1 is 1.20 bits per heavy atom. The van der Waals surface area contributed by atoms with E-state index in [1.54, 1.807) is 12.5 Å². The Morgan fingerprint density at radius 2 is 2.08 bits per heavy atom. The summed E-state index contributed by atoms with van der Waals surface area (Å²) in [7, 11) is 0. The zero-order valence-corrected chi connectivity index (χ0v) is 13.8. The van der Waals surface area contributed by atoms with Gasteiger partial charge < -0.3 is 14.6 Å². The number of nitrogens with one attached hydrogen (secondary N) is 1. The van der Waals surface area contributed by atoms with Gasteiger partial charge in [0.05, 0.1) is 6.33 Å². The summed E-state index contributed by atoms with van der Waals surface area (Å²) in [4.78, 5) is 16.4. The number of benzene rings is 2. The van der Waals surface area contributed by atoms with E-state index in [-0.39, 0.29) is 5.91 Å². The molecule has 0 fully saturated rings. The maximum Gasteiger partial charge on any atom is 0.261 e. The van der Waals surface area contributed by atoms with Crippen molar-refractivity contribution in [3.8, 4) is 5.75 Å². The molecule has 0 aliphatic carbocycles. The Kier molecular flexibility index (Phi) is 4.21. The topological polar surface area (TPSA) is 56.2 Å². The molecule has 2 aromatic carbocycles. The zero-order valence-electron chi connectivity index (χ0n) is 13.8. The minimum Gasteiger partial charge on any atom is -0.480 e. The lowest BCUT2D eigenvalue weighted by atomic mass is 10.1. The van der Waals surface area contributed by atoms with Crippen molar-refractivity contribution in [2.75, 3.05) is 0 Å². The zero-order chi connectivity index (χ0) is 17.1. The highest BCUT2D eigenvalue weighted by molar-refractivity contribution is 5.82. The van der Waals surface area contributed by atoms with Crippen molar-refractivity contribution in [2.45, 2.75) is 25.6 Å². The third kappa shape index (κ3) is 3.55. The number of carbonyl (C=O) groups excluding carboxylic acids is 1.